The Hall–Kier alpha value is -0.830. The van der Waals surface area contributed by atoms with Gasteiger partial charge < -0.3 is 5.11 Å². The standard InChI is InChI=1S/C14H17BrO2/c15-9-10-4-3-5-11(8-10)12-6-1-2-7-13(12)14(16)17/h3-5,8,12-13H,1-2,6-7,9H2,(H,16,17)/t12-,13+/m1/s1. The molecule has 1 aromatic rings. The van der Waals surface area contributed by atoms with E-state index in [1.165, 1.54) is 11.1 Å². The van der Waals surface area contributed by atoms with E-state index in [9.17, 15) is 9.90 Å². The van der Waals surface area contributed by atoms with Crippen molar-refractivity contribution in [1.82, 2.24) is 0 Å². The summed E-state index contributed by atoms with van der Waals surface area (Å²) in [6.45, 7) is 0. The quantitative estimate of drug-likeness (QED) is 0.858. The van der Waals surface area contributed by atoms with Gasteiger partial charge in [-0.25, -0.2) is 0 Å². The van der Waals surface area contributed by atoms with Crippen molar-refractivity contribution >= 4 is 21.9 Å². The van der Waals surface area contributed by atoms with Gasteiger partial charge in [0.15, 0.2) is 0 Å². The first kappa shape index (κ1) is 12.6. The van der Waals surface area contributed by atoms with Crippen LogP contribution in [0.2, 0.25) is 0 Å². The van der Waals surface area contributed by atoms with E-state index in [2.05, 4.69) is 34.1 Å². The molecular formula is C14H17BrO2. The van der Waals surface area contributed by atoms with Crippen LogP contribution in [0.4, 0.5) is 0 Å². The summed E-state index contributed by atoms with van der Waals surface area (Å²) in [5.74, 6) is -0.645. The Balaban J connectivity index is 2.26. The monoisotopic (exact) mass is 296 g/mol. The lowest BCUT2D eigenvalue weighted by atomic mass is 9.75. The predicted octanol–water partition coefficient (Wildman–Crippen LogP) is 3.94. The van der Waals surface area contributed by atoms with Crippen LogP contribution >= 0.6 is 15.9 Å². The molecule has 2 nitrogen and oxygen atoms in total. The summed E-state index contributed by atoms with van der Waals surface area (Å²) >= 11 is 3.44. The van der Waals surface area contributed by atoms with E-state index in [1.54, 1.807) is 0 Å². The number of hydrogen-bond donors (Lipinski definition) is 1. The third-order valence-electron chi connectivity index (χ3n) is 3.62. The second-order valence-corrected chi connectivity index (χ2v) is 5.28. The van der Waals surface area contributed by atoms with Crippen LogP contribution in [0, 0.1) is 5.92 Å². The highest BCUT2D eigenvalue weighted by molar-refractivity contribution is 9.08. The maximum atomic E-state index is 11.3. The lowest BCUT2D eigenvalue weighted by Gasteiger charge is -2.29. The van der Waals surface area contributed by atoms with Crippen molar-refractivity contribution < 1.29 is 9.90 Å². The van der Waals surface area contributed by atoms with E-state index in [0.29, 0.717) is 0 Å². The number of alkyl halides is 1. The number of hydrogen-bond acceptors (Lipinski definition) is 1. The summed E-state index contributed by atoms with van der Waals surface area (Å²) in [6, 6.07) is 8.30. The summed E-state index contributed by atoms with van der Waals surface area (Å²) < 4.78 is 0. The SMILES string of the molecule is O=C(O)[C@H]1CCCC[C@@H]1c1cccc(CBr)c1. The van der Waals surface area contributed by atoms with Crippen LogP contribution in [0.15, 0.2) is 24.3 Å². The number of halogens is 1. The molecule has 0 saturated heterocycles. The molecule has 0 heterocycles. The van der Waals surface area contributed by atoms with Crippen molar-refractivity contribution in [3.8, 4) is 0 Å². The molecule has 1 N–H and O–H groups in total. The van der Waals surface area contributed by atoms with E-state index in [4.69, 9.17) is 0 Å². The maximum absolute atomic E-state index is 11.3. The van der Waals surface area contributed by atoms with Gasteiger partial charge >= 0.3 is 5.97 Å². The average molecular weight is 297 g/mol. The van der Waals surface area contributed by atoms with E-state index < -0.39 is 5.97 Å². The molecule has 1 aliphatic carbocycles. The third kappa shape index (κ3) is 2.89. The molecule has 0 aliphatic heterocycles. The Morgan fingerprint density at radius 2 is 2.12 bits per heavy atom. The van der Waals surface area contributed by atoms with Gasteiger partial charge in [-0.05, 0) is 29.9 Å². The van der Waals surface area contributed by atoms with Gasteiger partial charge in [0.2, 0.25) is 0 Å². The van der Waals surface area contributed by atoms with Crippen LogP contribution in [0.25, 0.3) is 0 Å². The predicted molar refractivity (Wildman–Crippen MR) is 71.4 cm³/mol. The van der Waals surface area contributed by atoms with Gasteiger partial charge in [-0.2, -0.15) is 0 Å². The first-order chi connectivity index (χ1) is 8.22. The normalized spacial score (nSPS) is 24.5. The number of benzene rings is 1. The zero-order valence-corrected chi connectivity index (χ0v) is 11.3. The lowest BCUT2D eigenvalue weighted by molar-refractivity contribution is -0.143. The highest BCUT2D eigenvalue weighted by Gasteiger charge is 2.31. The molecule has 1 saturated carbocycles. The first-order valence-corrected chi connectivity index (χ1v) is 7.22. The zero-order chi connectivity index (χ0) is 12.3. The largest absolute Gasteiger partial charge is 0.481 e. The summed E-state index contributed by atoms with van der Waals surface area (Å²) in [6.07, 6.45) is 4.01. The van der Waals surface area contributed by atoms with Gasteiger partial charge in [-0.15, -0.1) is 0 Å². The van der Waals surface area contributed by atoms with Crippen molar-refractivity contribution in [3.05, 3.63) is 35.4 Å². The fourth-order valence-electron chi connectivity index (χ4n) is 2.73. The molecule has 2 rings (SSSR count). The second kappa shape index (κ2) is 5.67. The van der Waals surface area contributed by atoms with Crippen molar-refractivity contribution in [2.45, 2.75) is 36.9 Å². The molecular weight excluding hydrogens is 280 g/mol. The van der Waals surface area contributed by atoms with Crippen LogP contribution in [-0.4, -0.2) is 11.1 Å². The van der Waals surface area contributed by atoms with Crippen molar-refractivity contribution in [2.75, 3.05) is 0 Å². The van der Waals surface area contributed by atoms with Crippen LogP contribution in [-0.2, 0) is 10.1 Å². The fraction of sp³-hybridized carbons (Fsp3) is 0.500. The van der Waals surface area contributed by atoms with E-state index >= 15 is 0 Å². The summed E-state index contributed by atoms with van der Waals surface area (Å²) in [7, 11) is 0. The van der Waals surface area contributed by atoms with Crippen molar-refractivity contribution in [3.63, 3.8) is 0 Å². The van der Waals surface area contributed by atoms with Crippen molar-refractivity contribution in [2.24, 2.45) is 5.92 Å². The minimum Gasteiger partial charge on any atom is -0.481 e. The van der Waals surface area contributed by atoms with Gasteiger partial charge in [0.1, 0.15) is 0 Å². The lowest BCUT2D eigenvalue weighted by Crippen LogP contribution is -2.25. The molecule has 0 unspecified atom stereocenters. The molecule has 0 spiro atoms. The smallest absolute Gasteiger partial charge is 0.307 e. The molecule has 17 heavy (non-hydrogen) atoms. The minimum atomic E-state index is -0.640. The topological polar surface area (TPSA) is 37.3 Å². The van der Waals surface area contributed by atoms with E-state index in [0.717, 1.165) is 31.0 Å². The highest BCUT2D eigenvalue weighted by Crippen LogP contribution is 2.38. The second-order valence-electron chi connectivity index (χ2n) is 4.71. The van der Waals surface area contributed by atoms with Crippen molar-refractivity contribution in [1.29, 1.82) is 0 Å². The van der Waals surface area contributed by atoms with E-state index in [1.807, 2.05) is 6.07 Å². The van der Waals surface area contributed by atoms with Crippen LogP contribution < -0.4 is 0 Å². The highest BCUT2D eigenvalue weighted by atomic mass is 79.9. The Morgan fingerprint density at radius 1 is 1.35 bits per heavy atom. The van der Waals surface area contributed by atoms with Gasteiger partial charge in [0, 0.05) is 5.33 Å². The molecule has 0 amide bonds. The van der Waals surface area contributed by atoms with Gasteiger partial charge in [0.25, 0.3) is 0 Å². The average Bonchev–Trinajstić information content (AvgIpc) is 2.39. The summed E-state index contributed by atoms with van der Waals surface area (Å²) in [4.78, 5) is 11.3. The molecule has 1 fully saturated rings. The van der Waals surface area contributed by atoms with Gasteiger partial charge in [-0.3, -0.25) is 4.79 Å². The molecule has 0 radical (unpaired) electrons. The Bertz CT molecular complexity index is 403. The molecule has 1 aromatic carbocycles. The molecule has 92 valence electrons. The molecule has 2 atom stereocenters. The third-order valence-corrected chi connectivity index (χ3v) is 4.26. The number of aliphatic carboxylic acids is 1. The molecule has 1 aliphatic rings. The molecule has 3 heteroatoms. The number of rotatable bonds is 3. The first-order valence-electron chi connectivity index (χ1n) is 6.10. The minimum absolute atomic E-state index is 0.195. The number of carboxylic acid groups (broad SMARTS) is 1. The zero-order valence-electron chi connectivity index (χ0n) is 9.73. The Morgan fingerprint density at radius 3 is 2.82 bits per heavy atom. The fourth-order valence-corrected chi connectivity index (χ4v) is 3.08. The Labute approximate surface area is 110 Å². The van der Waals surface area contributed by atoms with E-state index in [-0.39, 0.29) is 11.8 Å². The molecule has 0 bridgehead atoms. The summed E-state index contributed by atoms with van der Waals surface area (Å²) in [5.41, 5.74) is 2.41. The van der Waals surface area contributed by atoms with Crippen LogP contribution in [0.3, 0.4) is 0 Å². The van der Waals surface area contributed by atoms with Gasteiger partial charge in [-0.1, -0.05) is 53.0 Å². The van der Waals surface area contributed by atoms with Crippen LogP contribution in [0.5, 0.6) is 0 Å². The van der Waals surface area contributed by atoms with Gasteiger partial charge in [0.05, 0.1) is 5.92 Å². The number of carbonyl (C=O) groups is 1. The maximum Gasteiger partial charge on any atom is 0.307 e. The number of carboxylic acids is 1. The molecule has 0 aromatic heterocycles. The van der Waals surface area contributed by atoms with Crippen LogP contribution in [0.1, 0.15) is 42.7 Å². The summed E-state index contributed by atoms with van der Waals surface area (Å²) in [5, 5.41) is 10.1. The Kier molecular flexibility index (Phi) is 4.21.